The van der Waals surface area contributed by atoms with Crippen LogP contribution in [-0.4, -0.2) is 15.9 Å². The van der Waals surface area contributed by atoms with Crippen LogP contribution >= 0.6 is 35.4 Å². The average molecular weight is 385 g/mol. The maximum atomic E-state index is 12.0. The monoisotopic (exact) mass is 384 g/mol. The Morgan fingerprint density at radius 1 is 1.12 bits per heavy atom. The van der Waals surface area contributed by atoms with Crippen LogP contribution in [0, 0.1) is 10.1 Å². The van der Waals surface area contributed by atoms with Gasteiger partial charge in [-0.1, -0.05) is 35.3 Å². The van der Waals surface area contributed by atoms with Crippen molar-refractivity contribution in [3.63, 3.8) is 0 Å². The Kier molecular flexibility index (Phi) is 5.91. The van der Waals surface area contributed by atoms with E-state index in [-0.39, 0.29) is 27.1 Å². The molecule has 3 N–H and O–H groups in total. The summed E-state index contributed by atoms with van der Waals surface area (Å²) in [6.07, 6.45) is 0. The molecule has 0 unspecified atom stereocenters. The summed E-state index contributed by atoms with van der Waals surface area (Å²) in [5, 5.41) is 14.1. The molecular weight excluding hydrogens is 375 g/mol. The quantitative estimate of drug-likeness (QED) is 0.425. The molecule has 0 aliphatic heterocycles. The predicted molar refractivity (Wildman–Crippen MR) is 96.4 cm³/mol. The van der Waals surface area contributed by atoms with Crippen molar-refractivity contribution in [2.45, 2.75) is 0 Å². The molecule has 0 radical (unpaired) electrons. The Bertz CT molecular complexity index is 816. The number of carbonyl (C=O) groups excluding carboxylic acids is 1. The van der Waals surface area contributed by atoms with E-state index in [1.54, 1.807) is 6.07 Å². The summed E-state index contributed by atoms with van der Waals surface area (Å²) in [7, 11) is 0. The molecule has 7 nitrogen and oxygen atoms in total. The fourth-order valence-corrected chi connectivity index (χ4v) is 2.40. The minimum Gasteiger partial charge on any atom is -0.326 e. The van der Waals surface area contributed by atoms with Gasteiger partial charge in [0.05, 0.1) is 15.5 Å². The Morgan fingerprint density at radius 3 is 2.50 bits per heavy atom. The van der Waals surface area contributed by atoms with E-state index < -0.39 is 10.8 Å². The molecule has 2 aromatic rings. The first-order valence-electron chi connectivity index (χ1n) is 6.44. The number of hydrogen-bond donors (Lipinski definition) is 3. The summed E-state index contributed by atoms with van der Waals surface area (Å²) in [5.41, 5.74) is 5.03. The van der Waals surface area contributed by atoms with Crippen LogP contribution in [0.5, 0.6) is 0 Å². The summed E-state index contributed by atoms with van der Waals surface area (Å²) in [5.74, 6) is -0.539. The van der Waals surface area contributed by atoms with Gasteiger partial charge in [-0.25, -0.2) is 0 Å². The molecule has 0 bridgehead atoms. The van der Waals surface area contributed by atoms with E-state index in [9.17, 15) is 14.9 Å². The van der Waals surface area contributed by atoms with Crippen molar-refractivity contribution in [3.05, 3.63) is 68.2 Å². The lowest BCUT2D eigenvalue weighted by Gasteiger charge is -2.12. The van der Waals surface area contributed by atoms with Gasteiger partial charge in [-0.2, -0.15) is 0 Å². The molecule has 124 valence electrons. The van der Waals surface area contributed by atoms with Gasteiger partial charge in [-0.3, -0.25) is 25.8 Å². The number of carbonyl (C=O) groups is 1. The second-order valence-corrected chi connectivity index (χ2v) is 5.68. The summed E-state index contributed by atoms with van der Waals surface area (Å²) in [4.78, 5) is 22.4. The highest BCUT2D eigenvalue weighted by Crippen LogP contribution is 2.23. The van der Waals surface area contributed by atoms with E-state index in [0.717, 1.165) is 0 Å². The molecule has 24 heavy (non-hydrogen) atoms. The zero-order valence-corrected chi connectivity index (χ0v) is 14.2. The Labute approximate surface area is 152 Å². The number of hydrogen-bond acceptors (Lipinski definition) is 4. The number of nitrogens with one attached hydrogen (secondary N) is 3. The molecule has 2 aromatic carbocycles. The van der Waals surface area contributed by atoms with Gasteiger partial charge in [0.25, 0.3) is 11.6 Å². The van der Waals surface area contributed by atoms with Crippen molar-refractivity contribution in [2.75, 3.05) is 5.32 Å². The molecule has 0 aromatic heterocycles. The number of amides is 1. The van der Waals surface area contributed by atoms with Gasteiger partial charge in [0.2, 0.25) is 0 Å². The summed E-state index contributed by atoms with van der Waals surface area (Å²) >= 11 is 16.7. The molecule has 0 aliphatic rings. The van der Waals surface area contributed by atoms with E-state index in [4.69, 9.17) is 35.4 Å². The molecular formula is C14H10Cl2N4O3S. The largest absolute Gasteiger partial charge is 0.326 e. The zero-order chi connectivity index (χ0) is 17.7. The van der Waals surface area contributed by atoms with Crippen LogP contribution in [0.25, 0.3) is 0 Å². The maximum absolute atomic E-state index is 12.0. The molecule has 10 heteroatoms. The van der Waals surface area contributed by atoms with Crippen LogP contribution < -0.4 is 16.2 Å². The maximum Gasteiger partial charge on any atom is 0.292 e. The fraction of sp³-hybridized carbons (Fsp3) is 0. The SMILES string of the molecule is O=C(NNC(=S)Nc1ccccc1[N+](=O)[O-])c1ccc(Cl)cc1Cl. The number of nitro groups is 1. The smallest absolute Gasteiger partial charge is 0.292 e. The van der Waals surface area contributed by atoms with Gasteiger partial charge in [0.1, 0.15) is 5.69 Å². The predicted octanol–water partition coefficient (Wildman–Crippen LogP) is 3.53. The minimum atomic E-state index is -0.545. The molecule has 0 saturated heterocycles. The Hall–Kier alpha value is -2.42. The Morgan fingerprint density at radius 2 is 1.83 bits per heavy atom. The second-order valence-electron chi connectivity index (χ2n) is 4.43. The zero-order valence-electron chi connectivity index (χ0n) is 11.9. The number of rotatable bonds is 3. The average Bonchev–Trinajstić information content (AvgIpc) is 2.53. The van der Waals surface area contributed by atoms with Crippen molar-refractivity contribution in [3.8, 4) is 0 Å². The van der Waals surface area contributed by atoms with Crippen molar-refractivity contribution in [1.29, 1.82) is 0 Å². The molecule has 0 fully saturated rings. The lowest BCUT2D eigenvalue weighted by atomic mass is 10.2. The van der Waals surface area contributed by atoms with Crippen LogP contribution in [0.2, 0.25) is 10.0 Å². The van der Waals surface area contributed by atoms with Crippen molar-refractivity contribution >= 4 is 57.8 Å². The van der Waals surface area contributed by atoms with Crippen molar-refractivity contribution in [1.82, 2.24) is 10.9 Å². The van der Waals surface area contributed by atoms with Gasteiger partial charge in [0, 0.05) is 11.1 Å². The van der Waals surface area contributed by atoms with Crippen LogP contribution in [0.15, 0.2) is 42.5 Å². The number of para-hydroxylation sites is 2. The molecule has 0 aliphatic carbocycles. The number of anilines is 1. The minimum absolute atomic E-state index is 0.0252. The van der Waals surface area contributed by atoms with Crippen molar-refractivity contribution < 1.29 is 9.72 Å². The van der Waals surface area contributed by atoms with Crippen LogP contribution in [-0.2, 0) is 0 Å². The van der Waals surface area contributed by atoms with Crippen LogP contribution in [0.4, 0.5) is 11.4 Å². The second kappa shape index (κ2) is 7.91. The highest BCUT2D eigenvalue weighted by Gasteiger charge is 2.14. The topological polar surface area (TPSA) is 96.3 Å². The highest BCUT2D eigenvalue weighted by atomic mass is 35.5. The highest BCUT2D eigenvalue weighted by molar-refractivity contribution is 7.80. The first kappa shape index (κ1) is 17.9. The molecule has 2 rings (SSSR count). The molecule has 0 atom stereocenters. The Balaban J connectivity index is 1.99. The standard InChI is InChI=1S/C14H10Cl2N4O3S/c15-8-5-6-9(10(16)7-8)13(21)18-19-14(24)17-11-3-1-2-4-12(11)20(22)23/h1-7H,(H,18,21)(H2,17,19,24). The summed E-state index contributed by atoms with van der Waals surface area (Å²) in [6.45, 7) is 0. The number of hydrazine groups is 1. The number of nitro benzene ring substituents is 1. The van der Waals surface area contributed by atoms with E-state index in [0.29, 0.717) is 5.02 Å². The summed E-state index contributed by atoms with van der Waals surface area (Å²) < 4.78 is 0. The van der Waals surface area contributed by atoms with E-state index in [2.05, 4.69) is 16.2 Å². The van der Waals surface area contributed by atoms with Gasteiger partial charge in [-0.15, -0.1) is 0 Å². The molecule has 0 saturated carbocycles. The first-order chi connectivity index (χ1) is 11.4. The van der Waals surface area contributed by atoms with Gasteiger partial charge in [-0.05, 0) is 36.5 Å². The lowest BCUT2D eigenvalue weighted by Crippen LogP contribution is -2.43. The first-order valence-corrected chi connectivity index (χ1v) is 7.60. The molecule has 0 heterocycles. The number of nitrogens with zero attached hydrogens (tertiary/aromatic N) is 1. The van der Waals surface area contributed by atoms with E-state index >= 15 is 0 Å². The third-order valence-corrected chi connectivity index (χ3v) is 3.57. The molecule has 1 amide bonds. The number of thiocarbonyl (C=S) groups is 1. The third-order valence-electron chi connectivity index (χ3n) is 2.81. The fourth-order valence-electron chi connectivity index (χ4n) is 1.75. The van der Waals surface area contributed by atoms with E-state index in [1.807, 2.05) is 0 Å². The van der Waals surface area contributed by atoms with Gasteiger partial charge < -0.3 is 5.32 Å². The third kappa shape index (κ3) is 4.54. The van der Waals surface area contributed by atoms with Crippen molar-refractivity contribution in [2.24, 2.45) is 0 Å². The van der Waals surface area contributed by atoms with Crippen LogP contribution in [0.3, 0.4) is 0 Å². The van der Waals surface area contributed by atoms with Gasteiger partial charge >= 0.3 is 0 Å². The van der Waals surface area contributed by atoms with Crippen LogP contribution in [0.1, 0.15) is 10.4 Å². The lowest BCUT2D eigenvalue weighted by molar-refractivity contribution is -0.383. The molecule has 0 spiro atoms. The summed E-state index contributed by atoms with van der Waals surface area (Å²) in [6, 6.07) is 10.4. The van der Waals surface area contributed by atoms with E-state index in [1.165, 1.54) is 36.4 Å². The number of benzene rings is 2. The van der Waals surface area contributed by atoms with Gasteiger partial charge in [0.15, 0.2) is 5.11 Å². The normalized spacial score (nSPS) is 9.92. The number of halogens is 2.